The molecule has 1 aromatic heterocycles. The van der Waals surface area contributed by atoms with Crippen LogP contribution >= 0.6 is 0 Å². The number of methoxy groups -OCH3 is 2. The number of pyridine rings is 1. The highest BCUT2D eigenvalue weighted by atomic mass is 32.2. The van der Waals surface area contributed by atoms with Crippen molar-refractivity contribution in [3.63, 3.8) is 0 Å². The largest absolute Gasteiger partial charge is 0.497 e. The maximum absolute atomic E-state index is 13.0. The lowest BCUT2D eigenvalue weighted by atomic mass is 10.1. The van der Waals surface area contributed by atoms with E-state index in [4.69, 9.17) is 9.47 Å². The lowest BCUT2D eigenvalue weighted by Crippen LogP contribution is -2.49. The molecule has 1 aliphatic heterocycles. The van der Waals surface area contributed by atoms with Crippen LogP contribution in [0.2, 0.25) is 0 Å². The maximum Gasteiger partial charge on any atom is 0.257 e. The minimum absolute atomic E-state index is 0.0731. The number of benzene rings is 1. The average Bonchev–Trinajstić information content (AvgIpc) is 2.78. The topological polar surface area (TPSA) is 101 Å². The molecule has 2 heterocycles. The van der Waals surface area contributed by atoms with E-state index in [-0.39, 0.29) is 11.7 Å². The summed E-state index contributed by atoms with van der Waals surface area (Å²) in [6.07, 6.45) is 2.06. The Morgan fingerprint density at radius 1 is 1.10 bits per heavy atom. The smallest absolute Gasteiger partial charge is 0.257 e. The summed E-state index contributed by atoms with van der Waals surface area (Å²) in [6.45, 7) is 4.15. The van der Waals surface area contributed by atoms with Gasteiger partial charge < -0.3 is 19.3 Å². The Bertz CT molecular complexity index is 1000. The highest BCUT2D eigenvalue weighted by molar-refractivity contribution is 7.92. The first-order valence-corrected chi connectivity index (χ1v) is 11.7. The minimum atomic E-state index is -3.34. The number of sulfonamides is 1. The van der Waals surface area contributed by atoms with Gasteiger partial charge in [-0.05, 0) is 30.7 Å². The highest BCUT2D eigenvalue weighted by Crippen LogP contribution is 2.26. The summed E-state index contributed by atoms with van der Waals surface area (Å²) in [6, 6.07) is 8.64. The van der Waals surface area contributed by atoms with Crippen LogP contribution in [0.15, 0.2) is 36.5 Å². The molecule has 1 aliphatic rings. The SMILES string of the molecule is CCCS(=O)(=O)Nc1ccc(N2CCN(C(=O)c3ccc(OC)cc3OC)CC2)nc1. The van der Waals surface area contributed by atoms with Gasteiger partial charge in [-0.1, -0.05) is 6.92 Å². The second-order valence-electron chi connectivity index (χ2n) is 7.17. The van der Waals surface area contributed by atoms with Gasteiger partial charge >= 0.3 is 0 Å². The number of aromatic nitrogens is 1. The van der Waals surface area contributed by atoms with Gasteiger partial charge in [0.05, 0.1) is 37.4 Å². The number of nitrogens with zero attached hydrogens (tertiary/aromatic N) is 3. The zero-order valence-electron chi connectivity index (χ0n) is 18.0. The molecule has 0 bridgehead atoms. The fourth-order valence-corrected chi connectivity index (χ4v) is 4.54. The van der Waals surface area contributed by atoms with Gasteiger partial charge in [0, 0.05) is 32.2 Å². The quantitative estimate of drug-likeness (QED) is 0.661. The van der Waals surface area contributed by atoms with Crippen LogP contribution in [0.1, 0.15) is 23.7 Å². The number of rotatable bonds is 8. The second kappa shape index (κ2) is 9.86. The van der Waals surface area contributed by atoms with Crippen molar-refractivity contribution < 1.29 is 22.7 Å². The van der Waals surface area contributed by atoms with E-state index in [1.54, 1.807) is 42.3 Å². The maximum atomic E-state index is 13.0. The van der Waals surface area contributed by atoms with Crippen molar-refractivity contribution >= 4 is 27.4 Å². The van der Waals surface area contributed by atoms with Crippen molar-refractivity contribution in [3.05, 3.63) is 42.1 Å². The number of piperazine rings is 1. The Morgan fingerprint density at radius 3 is 2.42 bits per heavy atom. The predicted molar refractivity (Wildman–Crippen MR) is 120 cm³/mol. The van der Waals surface area contributed by atoms with Crippen molar-refractivity contribution in [1.82, 2.24) is 9.88 Å². The normalized spacial score (nSPS) is 14.3. The number of carbonyl (C=O) groups is 1. The molecule has 1 aromatic carbocycles. The predicted octanol–water partition coefficient (Wildman–Crippen LogP) is 2.21. The molecule has 168 valence electrons. The van der Waals surface area contributed by atoms with Crippen molar-refractivity contribution in [2.24, 2.45) is 0 Å². The number of hydrogen-bond donors (Lipinski definition) is 1. The first-order chi connectivity index (χ1) is 14.9. The molecular weight excluding hydrogens is 420 g/mol. The Hall–Kier alpha value is -3.01. The Morgan fingerprint density at radius 2 is 1.84 bits per heavy atom. The molecular formula is C21H28N4O5S. The summed E-state index contributed by atoms with van der Waals surface area (Å²) < 4.78 is 36.8. The molecule has 9 nitrogen and oxygen atoms in total. The molecule has 1 fully saturated rings. The minimum Gasteiger partial charge on any atom is -0.497 e. The molecule has 0 spiro atoms. The number of nitrogens with one attached hydrogen (secondary N) is 1. The third-order valence-corrected chi connectivity index (χ3v) is 6.52. The van der Waals surface area contributed by atoms with Gasteiger partial charge in [-0.3, -0.25) is 9.52 Å². The van der Waals surface area contributed by atoms with E-state index < -0.39 is 10.0 Å². The molecule has 0 unspecified atom stereocenters. The lowest BCUT2D eigenvalue weighted by Gasteiger charge is -2.35. The molecule has 1 N–H and O–H groups in total. The summed E-state index contributed by atoms with van der Waals surface area (Å²) in [5, 5.41) is 0. The van der Waals surface area contributed by atoms with E-state index in [0.29, 0.717) is 55.3 Å². The first kappa shape index (κ1) is 22.7. The molecule has 0 atom stereocenters. The summed E-state index contributed by atoms with van der Waals surface area (Å²) in [7, 11) is -0.247. The lowest BCUT2D eigenvalue weighted by molar-refractivity contribution is 0.0743. The number of carbonyl (C=O) groups excluding carboxylic acids is 1. The molecule has 0 saturated carbocycles. The number of anilines is 2. The molecule has 2 aromatic rings. The van der Waals surface area contributed by atoms with Gasteiger partial charge in [-0.15, -0.1) is 0 Å². The molecule has 1 amide bonds. The molecule has 10 heteroatoms. The third kappa shape index (κ3) is 5.57. The standard InChI is InChI=1S/C21H28N4O5S/c1-4-13-31(27,28)23-16-5-8-20(22-15-16)24-9-11-25(12-10-24)21(26)18-7-6-17(29-2)14-19(18)30-3/h5-8,14-15,23H,4,9-13H2,1-3H3. The van der Waals surface area contributed by atoms with Gasteiger partial charge in [0.15, 0.2) is 0 Å². The van der Waals surface area contributed by atoms with E-state index in [0.717, 1.165) is 5.82 Å². The fraction of sp³-hybridized carbons (Fsp3) is 0.429. The van der Waals surface area contributed by atoms with Crippen LogP contribution in [0.3, 0.4) is 0 Å². The van der Waals surface area contributed by atoms with Crippen LogP contribution in [-0.2, 0) is 10.0 Å². The van der Waals surface area contributed by atoms with Crippen LogP contribution in [0.5, 0.6) is 11.5 Å². The van der Waals surface area contributed by atoms with Crippen LogP contribution in [0, 0.1) is 0 Å². The van der Waals surface area contributed by atoms with E-state index >= 15 is 0 Å². The van der Waals surface area contributed by atoms with Crippen LogP contribution in [0.4, 0.5) is 11.5 Å². The molecule has 1 saturated heterocycles. The fourth-order valence-electron chi connectivity index (χ4n) is 3.42. The molecule has 0 aliphatic carbocycles. The zero-order chi connectivity index (χ0) is 22.4. The zero-order valence-corrected chi connectivity index (χ0v) is 18.8. The van der Waals surface area contributed by atoms with Gasteiger partial charge in [0.1, 0.15) is 17.3 Å². The van der Waals surface area contributed by atoms with Crippen LogP contribution < -0.4 is 19.1 Å². The Balaban J connectivity index is 1.61. The van der Waals surface area contributed by atoms with E-state index in [9.17, 15) is 13.2 Å². The van der Waals surface area contributed by atoms with Gasteiger partial charge in [0.25, 0.3) is 5.91 Å². The number of amides is 1. The van der Waals surface area contributed by atoms with Gasteiger partial charge in [0.2, 0.25) is 10.0 Å². The average molecular weight is 449 g/mol. The van der Waals surface area contributed by atoms with E-state index in [1.807, 2.05) is 6.92 Å². The Labute approximate surface area is 183 Å². The monoisotopic (exact) mass is 448 g/mol. The molecule has 31 heavy (non-hydrogen) atoms. The van der Waals surface area contributed by atoms with Crippen LogP contribution in [0.25, 0.3) is 0 Å². The van der Waals surface area contributed by atoms with Crippen molar-refractivity contribution in [3.8, 4) is 11.5 Å². The summed E-state index contributed by atoms with van der Waals surface area (Å²) in [5.74, 6) is 1.84. The van der Waals surface area contributed by atoms with Gasteiger partial charge in [-0.2, -0.15) is 0 Å². The molecule has 0 radical (unpaired) electrons. The molecule has 3 rings (SSSR count). The number of hydrogen-bond acceptors (Lipinski definition) is 7. The summed E-state index contributed by atoms with van der Waals surface area (Å²) in [5.41, 5.74) is 0.941. The van der Waals surface area contributed by atoms with Gasteiger partial charge in [-0.25, -0.2) is 13.4 Å². The summed E-state index contributed by atoms with van der Waals surface area (Å²) >= 11 is 0. The third-order valence-electron chi connectivity index (χ3n) is 5.02. The first-order valence-electron chi connectivity index (χ1n) is 10.1. The van der Waals surface area contributed by atoms with Crippen LogP contribution in [-0.4, -0.2) is 70.4 Å². The number of ether oxygens (including phenoxy) is 2. The van der Waals surface area contributed by atoms with E-state index in [1.165, 1.54) is 13.3 Å². The Kier molecular flexibility index (Phi) is 7.21. The second-order valence-corrected chi connectivity index (χ2v) is 9.01. The van der Waals surface area contributed by atoms with E-state index in [2.05, 4.69) is 14.6 Å². The van der Waals surface area contributed by atoms with Crippen molar-refractivity contribution in [2.75, 3.05) is 55.8 Å². The van der Waals surface area contributed by atoms with Crippen molar-refractivity contribution in [1.29, 1.82) is 0 Å². The summed E-state index contributed by atoms with van der Waals surface area (Å²) in [4.78, 5) is 21.2. The van der Waals surface area contributed by atoms with Crippen molar-refractivity contribution in [2.45, 2.75) is 13.3 Å². The highest BCUT2D eigenvalue weighted by Gasteiger charge is 2.25.